The Morgan fingerprint density at radius 2 is 2.06 bits per heavy atom. The topological polar surface area (TPSA) is 37.4 Å². The Hall–Kier alpha value is -0.290. The standard InChI is InChI=1S/C12H15Cl2NO2S/c1-15(10-4-5-18(16,17)8-10)7-9-2-3-11(13)12(14)6-9/h2-3,6,10H,4-5,7-8H2,1H3/t10-/m0/s1. The van der Waals surface area contributed by atoms with Crippen molar-refractivity contribution in [1.82, 2.24) is 4.90 Å². The number of halogens is 2. The highest BCUT2D eigenvalue weighted by molar-refractivity contribution is 7.91. The van der Waals surface area contributed by atoms with Crippen LogP contribution in [0, 0.1) is 0 Å². The van der Waals surface area contributed by atoms with Crippen LogP contribution in [-0.4, -0.2) is 37.9 Å². The molecule has 1 heterocycles. The van der Waals surface area contributed by atoms with Crippen LogP contribution in [0.1, 0.15) is 12.0 Å². The van der Waals surface area contributed by atoms with E-state index in [-0.39, 0.29) is 11.8 Å². The molecular weight excluding hydrogens is 293 g/mol. The summed E-state index contributed by atoms with van der Waals surface area (Å²) < 4.78 is 22.9. The molecule has 18 heavy (non-hydrogen) atoms. The molecule has 2 rings (SSSR count). The Labute approximate surface area is 118 Å². The van der Waals surface area contributed by atoms with Crippen molar-refractivity contribution in [2.75, 3.05) is 18.6 Å². The molecule has 1 aliphatic rings. The summed E-state index contributed by atoms with van der Waals surface area (Å²) in [6.07, 6.45) is 0.708. The van der Waals surface area contributed by atoms with Crippen LogP contribution < -0.4 is 0 Å². The molecule has 3 nitrogen and oxygen atoms in total. The zero-order valence-corrected chi connectivity index (χ0v) is 12.4. The van der Waals surface area contributed by atoms with Crippen molar-refractivity contribution in [1.29, 1.82) is 0 Å². The van der Waals surface area contributed by atoms with Crippen molar-refractivity contribution in [3.63, 3.8) is 0 Å². The summed E-state index contributed by atoms with van der Waals surface area (Å²) in [5.41, 5.74) is 1.04. The zero-order chi connectivity index (χ0) is 13.3. The van der Waals surface area contributed by atoms with Gasteiger partial charge in [-0.2, -0.15) is 0 Å². The van der Waals surface area contributed by atoms with E-state index in [4.69, 9.17) is 23.2 Å². The fraction of sp³-hybridized carbons (Fsp3) is 0.500. The van der Waals surface area contributed by atoms with Crippen LogP contribution in [0.3, 0.4) is 0 Å². The van der Waals surface area contributed by atoms with Crippen molar-refractivity contribution < 1.29 is 8.42 Å². The number of hydrogen-bond acceptors (Lipinski definition) is 3. The van der Waals surface area contributed by atoms with Crippen LogP contribution in [0.4, 0.5) is 0 Å². The van der Waals surface area contributed by atoms with Gasteiger partial charge in [0.05, 0.1) is 21.6 Å². The molecule has 1 atom stereocenters. The van der Waals surface area contributed by atoms with E-state index in [1.165, 1.54) is 0 Å². The lowest BCUT2D eigenvalue weighted by Gasteiger charge is -2.23. The first kappa shape index (κ1) is 14.1. The highest BCUT2D eigenvalue weighted by Gasteiger charge is 2.30. The van der Waals surface area contributed by atoms with E-state index in [2.05, 4.69) is 4.90 Å². The van der Waals surface area contributed by atoms with Gasteiger partial charge in [0.1, 0.15) is 0 Å². The average Bonchev–Trinajstić information content (AvgIpc) is 2.64. The van der Waals surface area contributed by atoms with Crippen LogP contribution in [0.15, 0.2) is 18.2 Å². The van der Waals surface area contributed by atoms with E-state index in [0.717, 1.165) is 5.56 Å². The van der Waals surface area contributed by atoms with Crippen molar-refractivity contribution in [2.24, 2.45) is 0 Å². The van der Waals surface area contributed by atoms with Crippen LogP contribution in [0.2, 0.25) is 10.0 Å². The van der Waals surface area contributed by atoms with Gasteiger partial charge in [-0.1, -0.05) is 29.3 Å². The Morgan fingerprint density at radius 3 is 2.61 bits per heavy atom. The fourth-order valence-corrected chi connectivity index (χ4v) is 4.30. The molecule has 0 saturated carbocycles. The molecule has 1 saturated heterocycles. The number of benzene rings is 1. The predicted molar refractivity (Wildman–Crippen MR) is 75.0 cm³/mol. The third kappa shape index (κ3) is 3.38. The smallest absolute Gasteiger partial charge is 0.151 e. The highest BCUT2D eigenvalue weighted by Crippen LogP contribution is 2.24. The van der Waals surface area contributed by atoms with Crippen molar-refractivity contribution >= 4 is 33.0 Å². The summed E-state index contributed by atoms with van der Waals surface area (Å²) in [6.45, 7) is 0.678. The molecule has 1 aromatic rings. The third-order valence-electron chi connectivity index (χ3n) is 3.25. The minimum Gasteiger partial charge on any atom is -0.298 e. The second-order valence-corrected chi connectivity index (χ2v) is 7.76. The molecule has 1 aromatic carbocycles. The molecule has 1 aliphatic heterocycles. The lowest BCUT2D eigenvalue weighted by Crippen LogP contribution is -2.32. The first-order valence-corrected chi connectivity index (χ1v) is 8.30. The molecule has 0 N–H and O–H groups in total. The van der Waals surface area contributed by atoms with E-state index >= 15 is 0 Å². The Kier molecular flexibility index (Phi) is 4.22. The Morgan fingerprint density at radius 1 is 1.33 bits per heavy atom. The molecular formula is C12H15Cl2NO2S. The van der Waals surface area contributed by atoms with Gasteiger partial charge in [-0.15, -0.1) is 0 Å². The molecule has 100 valence electrons. The van der Waals surface area contributed by atoms with E-state index in [1.54, 1.807) is 6.07 Å². The van der Waals surface area contributed by atoms with E-state index in [1.807, 2.05) is 19.2 Å². The minimum absolute atomic E-state index is 0.101. The number of hydrogen-bond donors (Lipinski definition) is 0. The normalized spacial score (nSPS) is 22.6. The molecule has 0 amide bonds. The molecule has 6 heteroatoms. The molecule has 0 aliphatic carbocycles. The summed E-state index contributed by atoms with van der Waals surface area (Å²) in [7, 11) is -0.898. The summed E-state index contributed by atoms with van der Waals surface area (Å²) >= 11 is 11.8. The third-order valence-corrected chi connectivity index (χ3v) is 5.74. The van der Waals surface area contributed by atoms with E-state index in [9.17, 15) is 8.42 Å². The van der Waals surface area contributed by atoms with Gasteiger partial charge in [-0.05, 0) is 31.2 Å². The largest absolute Gasteiger partial charge is 0.298 e. The van der Waals surface area contributed by atoms with Crippen molar-refractivity contribution in [3.05, 3.63) is 33.8 Å². The van der Waals surface area contributed by atoms with Crippen molar-refractivity contribution in [3.8, 4) is 0 Å². The predicted octanol–water partition coefficient (Wildman–Crippen LogP) is 2.61. The maximum atomic E-state index is 11.4. The van der Waals surface area contributed by atoms with Gasteiger partial charge in [-0.3, -0.25) is 4.90 Å². The quantitative estimate of drug-likeness (QED) is 0.861. The fourth-order valence-electron chi connectivity index (χ4n) is 2.18. The molecule has 1 fully saturated rings. The SMILES string of the molecule is CN(Cc1ccc(Cl)c(Cl)c1)[C@H]1CCS(=O)(=O)C1. The molecule has 0 spiro atoms. The van der Waals surface area contributed by atoms with Gasteiger partial charge in [0.15, 0.2) is 9.84 Å². The molecule has 0 bridgehead atoms. The number of rotatable bonds is 3. The van der Waals surface area contributed by atoms with Gasteiger partial charge in [0.25, 0.3) is 0 Å². The zero-order valence-electron chi connectivity index (χ0n) is 10.1. The van der Waals surface area contributed by atoms with Crippen LogP contribution in [0.25, 0.3) is 0 Å². The molecule has 0 aromatic heterocycles. The highest BCUT2D eigenvalue weighted by atomic mass is 35.5. The first-order valence-electron chi connectivity index (χ1n) is 5.72. The van der Waals surface area contributed by atoms with Crippen LogP contribution >= 0.6 is 23.2 Å². The summed E-state index contributed by atoms with van der Waals surface area (Å²) in [5.74, 6) is 0.550. The van der Waals surface area contributed by atoms with Gasteiger partial charge in [-0.25, -0.2) is 8.42 Å². The maximum Gasteiger partial charge on any atom is 0.151 e. The second-order valence-electron chi connectivity index (χ2n) is 4.72. The molecule has 0 radical (unpaired) electrons. The lowest BCUT2D eigenvalue weighted by molar-refractivity contribution is 0.254. The maximum absolute atomic E-state index is 11.4. The first-order chi connectivity index (χ1) is 8.37. The van der Waals surface area contributed by atoms with Gasteiger partial charge in [0.2, 0.25) is 0 Å². The second kappa shape index (κ2) is 5.37. The van der Waals surface area contributed by atoms with E-state index in [0.29, 0.717) is 28.8 Å². The minimum atomic E-state index is -2.84. The van der Waals surface area contributed by atoms with Gasteiger partial charge in [0, 0.05) is 12.6 Å². The number of nitrogens with zero attached hydrogens (tertiary/aromatic N) is 1. The van der Waals surface area contributed by atoms with Gasteiger partial charge >= 0.3 is 0 Å². The van der Waals surface area contributed by atoms with Gasteiger partial charge < -0.3 is 0 Å². The van der Waals surface area contributed by atoms with Crippen LogP contribution in [-0.2, 0) is 16.4 Å². The molecule has 0 unspecified atom stereocenters. The Balaban J connectivity index is 2.03. The Bertz CT molecular complexity index is 545. The lowest BCUT2D eigenvalue weighted by atomic mass is 10.1. The summed E-state index contributed by atoms with van der Waals surface area (Å²) in [4.78, 5) is 2.06. The summed E-state index contributed by atoms with van der Waals surface area (Å²) in [6, 6.07) is 5.60. The average molecular weight is 308 g/mol. The monoisotopic (exact) mass is 307 g/mol. The summed E-state index contributed by atoms with van der Waals surface area (Å²) in [5, 5.41) is 1.06. The van der Waals surface area contributed by atoms with Crippen molar-refractivity contribution in [2.45, 2.75) is 19.0 Å². The van der Waals surface area contributed by atoms with E-state index < -0.39 is 9.84 Å². The number of sulfone groups is 1. The van der Waals surface area contributed by atoms with Crippen LogP contribution in [0.5, 0.6) is 0 Å².